The third kappa shape index (κ3) is 4.57. The minimum atomic E-state index is -1.05. The molecule has 0 unspecified atom stereocenters. The van der Waals surface area contributed by atoms with Gasteiger partial charge in [0.1, 0.15) is 40.0 Å². The maximum absolute atomic E-state index is 14.6. The zero-order valence-electron chi connectivity index (χ0n) is 19.4. The molecule has 2 amide bonds. The minimum Gasteiger partial charge on any atom is -0.487 e. The van der Waals surface area contributed by atoms with Crippen LogP contribution in [0.2, 0.25) is 0 Å². The molecule has 2 aromatic carbocycles. The lowest BCUT2D eigenvalue weighted by molar-refractivity contribution is 0.0817. The number of hydrogen-bond donors (Lipinski definition) is 1. The van der Waals surface area contributed by atoms with Crippen molar-refractivity contribution in [1.29, 1.82) is 0 Å². The molecular weight excluding hydrogens is 446 g/mol. The number of hydrogen-bond acceptors (Lipinski definition) is 5. The number of fused-ring (bicyclic) bond motifs is 1. The van der Waals surface area contributed by atoms with Crippen LogP contribution in [0.5, 0.6) is 17.2 Å². The molecule has 0 saturated heterocycles. The second kappa shape index (κ2) is 8.44. The summed E-state index contributed by atoms with van der Waals surface area (Å²) in [5.41, 5.74) is -0.351. The molecule has 0 fully saturated rings. The van der Waals surface area contributed by atoms with E-state index in [0.717, 1.165) is 17.0 Å². The van der Waals surface area contributed by atoms with Gasteiger partial charge in [-0.15, -0.1) is 0 Å². The van der Waals surface area contributed by atoms with Crippen LogP contribution in [0.25, 0.3) is 0 Å². The van der Waals surface area contributed by atoms with E-state index in [2.05, 4.69) is 10.4 Å². The lowest BCUT2D eigenvalue weighted by Gasteiger charge is -2.16. The second-order valence-electron chi connectivity index (χ2n) is 8.88. The maximum atomic E-state index is 14.6. The standard InChI is InChI=1S/C24H24F2N4O4/c1-24(2)12-15-18(33-14-10-16(25)21(17(26)11-14)23(32)29(3)4)8-13(9-19(15)34-24)22(31)27-20-6-7-30(5)28-20/h6-11H,12H2,1-5H3,(H,27,28,31). The molecule has 0 saturated carbocycles. The molecule has 0 radical (unpaired) electrons. The molecule has 0 spiro atoms. The van der Waals surface area contributed by atoms with Crippen molar-refractivity contribution in [2.24, 2.45) is 7.05 Å². The van der Waals surface area contributed by atoms with Crippen LogP contribution in [0.4, 0.5) is 14.6 Å². The van der Waals surface area contributed by atoms with Crippen LogP contribution in [0.15, 0.2) is 36.5 Å². The molecule has 1 aliphatic heterocycles. The predicted molar refractivity (Wildman–Crippen MR) is 120 cm³/mol. The fraction of sp³-hybridized carbons (Fsp3) is 0.292. The minimum absolute atomic E-state index is 0.153. The summed E-state index contributed by atoms with van der Waals surface area (Å²) in [5, 5.41) is 6.81. The van der Waals surface area contributed by atoms with Gasteiger partial charge in [0.15, 0.2) is 5.82 Å². The Kier molecular flexibility index (Phi) is 5.76. The highest BCUT2D eigenvalue weighted by Gasteiger charge is 2.34. The van der Waals surface area contributed by atoms with Crippen molar-refractivity contribution >= 4 is 17.6 Å². The van der Waals surface area contributed by atoms with Gasteiger partial charge in [0.2, 0.25) is 0 Å². The van der Waals surface area contributed by atoms with Crippen molar-refractivity contribution in [3.05, 3.63) is 64.9 Å². The molecule has 3 aromatic rings. The van der Waals surface area contributed by atoms with Crippen LogP contribution >= 0.6 is 0 Å². The van der Waals surface area contributed by atoms with Gasteiger partial charge in [-0.2, -0.15) is 5.10 Å². The fourth-order valence-corrected chi connectivity index (χ4v) is 3.70. The molecule has 0 atom stereocenters. The molecule has 0 bridgehead atoms. The summed E-state index contributed by atoms with van der Waals surface area (Å²) in [7, 11) is 4.53. The van der Waals surface area contributed by atoms with Crippen molar-refractivity contribution in [3.8, 4) is 17.2 Å². The van der Waals surface area contributed by atoms with E-state index < -0.39 is 34.6 Å². The van der Waals surface area contributed by atoms with E-state index >= 15 is 0 Å². The van der Waals surface area contributed by atoms with Crippen LogP contribution < -0.4 is 14.8 Å². The Morgan fingerprint density at radius 1 is 1.18 bits per heavy atom. The number of carbonyl (C=O) groups excluding carboxylic acids is 2. The number of benzene rings is 2. The Labute approximate surface area is 195 Å². The SMILES string of the molecule is CN(C)C(=O)c1c(F)cc(Oc2cc(C(=O)Nc3ccn(C)n3)cc3c2CC(C)(C)O3)cc1F. The van der Waals surface area contributed by atoms with E-state index in [4.69, 9.17) is 9.47 Å². The first kappa shape index (κ1) is 23.2. The largest absolute Gasteiger partial charge is 0.487 e. The zero-order chi connectivity index (χ0) is 24.8. The van der Waals surface area contributed by atoms with Crippen molar-refractivity contribution < 1.29 is 27.8 Å². The Morgan fingerprint density at radius 3 is 2.44 bits per heavy atom. The molecule has 178 valence electrons. The monoisotopic (exact) mass is 470 g/mol. The van der Waals surface area contributed by atoms with E-state index in [1.807, 2.05) is 13.8 Å². The van der Waals surface area contributed by atoms with Crippen LogP contribution in [-0.4, -0.2) is 46.2 Å². The maximum Gasteiger partial charge on any atom is 0.259 e. The van der Waals surface area contributed by atoms with Gasteiger partial charge >= 0.3 is 0 Å². The van der Waals surface area contributed by atoms with E-state index in [0.29, 0.717) is 23.6 Å². The number of rotatable bonds is 5. The number of nitrogens with zero attached hydrogens (tertiary/aromatic N) is 3. The number of carbonyl (C=O) groups is 2. The molecular formula is C24H24F2N4O4. The van der Waals surface area contributed by atoms with Crippen LogP contribution in [0.3, 0.4) is 0 Å². The number of amides is 2. The topological polar surface area (TPSA) is 85.7 Å². The summed E-state index contributed by atoms with van der Waals surface area (Å²) in [6, 6.07) is 6.60. The summed E-state index contributed by atoms with van der Waals surface area (Å²) >= 11 is 0. The van der Waals surface area contributed by atoms with Gasteiger partial charge in [-0.25, -0.2) is 8.78 Å². The molecule has 10 heteroatoms. The molecule has 2 heterocycles. The first-order valence-electron chi connectivity index (χ1n) is 10.5. The van der Waals surface area contributed by atoms with E-state index in [-0.39, 0.29) is 17.1 Å². The summed E-state index contributed by atoms with van der Waals surface area (Å²) in [6.07, 6.45) is 2.15. The lowest BCUT2D eigenvalue weighted by Crippen LogP contribution is -2.24. The van der Waals surface area contributed by atoms with Crippen LogP contribution in [0, 0.1) is 11.6 Å². The van der Waals surface area contributed by atoms with E-state index in [1.165, 1.54) is 20.2 Å². The number of aromatic nitrogens is 2. The predicted octanol–water partition coefficient (Wildman–Crippen LogP) is 4.16. The number of ether oxygens (including phenoxy) is 2. The van der Waals surface area contributed by atoms with Crippen molar-refractivity contribution in [2.45, 2.75) is 25.9 Å². The Hall–Kier alpha value is -3.95. The summed E-state index contributed by atoms with van der Waals surface area (Å²) in [4.78, 5) is 26.0. The van der Waals surface area contributed by atoms with Gasteiger partial charge in [-0.05, 0) is 26.0 Å². The molecule has 1 N–H and O–H groups in total. The molecule has 4 rings (SSSR count). The van der Waals surface area contributed by atoms with Gasteiger partial charge in [-0.1, -0.05) is 0 Å². The third-order valence-corrected chi connectivity index (χ3v) is 5.24. The Morgan fingerprint density at radius 2 is 1.85 bits per heavy atom. The van der Waals surface area contributed by atoms with Crippen molar-refractivity contribution in [1.82, 2.24) is 14.7 Å². The molecule has 1 aromatic heterocycles. The third-order valence-electron chi connectivity index (χ3n) is 5.24. The summed E-state index contributed by atoms with van der Waals surface area (Å²) in [5.74, 6) is -2.48. The quantitative estimate of drug-likeness (QED) is 0.605. The van der Waals surface area contributed by atoms with Gasteiger partial charge < -0.3 is 19.7 Å². The average molecular weight is 470 g/mol. The van der Waals surface area contributed by atoms with Gasteiger partial charge in [0.05, 0.1) is 0 Å². The molecule has 0 aliphatic carbocycles. The highest BCUT2D eigenvalue weighted by Crippen LogP contribution is 2.43. The molecule has 34 heavy (non-hydrogen) atoms. The van der Waals surface area contributed by atoms with Crippen LogP contribution in [-0.2, 0) is 13.5 Å². The van der Waals surface area contributed by atoms with E-state index in [1.54, 1.807) is 30.1 Å². The highest BCUT2D eigenvalue weighted by atomic mass is 19.1. The average Bonchev–Trinajstić information content (AvgIpc) is 3.27. The van der Waals surface area contributed by atoms with Crippen LogP contribution in [0.1, 0.15) is 40.1 Å². The van der Waals surface area contributed by atoms with Crippen molar-refractivity contribution in [2.75, 3.05) is 19.4 Å². The second-order valence-corrected chi connectivity index (χ2v) is 8.88. The van der Waals surface area contributed by atoms with Gasteiger partial charge in [0.25, 0.3) is 11.8 Å². The lowest BCUT2D eigenvalue weighted by atomic mass is 9.99. The van der Waals surface area contributed by atoms with Crippen molar-refractivity contribution in [3.63, 3.8) is 0 Å². The number of nitrogens with one attached hydrogen (secondary N) is 1. The number of anilines is 1. The highest BCUT2D eigenvalue weighted by molar-refractivity contribution is 6.04. The normalized spacial score (nSPS) is 13.7. The zero-order valence-corrected chi connectivity index (χ0v) is 19.4. The summed E-state index contributed by atoms with van der Waals surface area (Å²) < 4.78 is 42.6. The Balaban J connectivity index is 1.70. The summed E-state index contributed by atoms with van der Waals surface area (Å²) in [6.45, 7) is 3.76. The first-order valence-corrected chi connectivity index (χ1v) is 10.5. The smallest absolute Gasteiger partial charge is 0.259 e. The molecule has 8 nitrogen and oxygen atoms in total. The van der Waals surface area contributed by atoms with Gasteiger partial charge in [-0.3, -0.25) is 14.3 Å². The first-order chi connectivity index (χ1) is 15.9. The van der Waals surface area contributed by atoms with Gasteiger partial charge in [0, 0.05) is 63.1 Å². The number of aryl methyl sites for hydroxylation is 1. The molecule has 1 aliphatic rings. The fourth-order valence-electron chi connectivity index (χ4n) is 3.70. The number of halogens is 2. The van der Waals surface area contributed by atoms with E-state index in [9.17, 15) is 18.4 Å². The Bertz CT molecular complexity index is 1280.